The highest BCUT2D eigenvalue weighted by atomic mass is 16.1. The number of aliphatic imine (C=N–C) groups is 2. The van der Waals surface area contributed by atoms with Crippen LogP contribution in [0.2, 0.25) is 0 Å². The summed E-state index contributed by atoms with van der Waals surface area (Å²) in [5.41, 5.74) is 0.978. The summed E-state index contributed by atoms with van der Waals surface area (Å²) in [5, 5.41) is 0. The molecule has 4 nitrogen and oxygen atoms in total. The maximum Gasteiger partial charge on any atom is 0.235 e. The molecule has 0 unspecified atom stereocenters. The molecule has 0 fully saturated rings. The molecule has 0 heterocycles. The number of isocyanates is 2. The van der Waals surface area contributed by atoms with E-state index in [-0.39, 0.29) is 0 Å². The van der Waals surface area contributed by atoms with Crippen molar-refractivity contribution in [3.63, 3.8) is 0 Å². The zero-order chi connectivity index (χ0) is 14.5. The highest BCUT2D eigenvalue weighted by molar-refractivity contribution is 5.38. The molecule has 4 heteroatoms. The van der Waals surface area contributed by atoms with Crippen LogP contribution in [0.5, 0.6) is 0 Å². The van der Waals surface area contributed by atoms with Gasteiger partial charge < -0.3 is 0 Å². The Labute approximate surface area is 113 Å². The Morgan fingerprint density at radius 3 is 1.95 bits per heavy atom. The van der Waals surface area contributed by atoms with E-state index >= 15 is 0 Å². The van der Waals surface area contributed by atoms with Crippen LogP contribution in [0.25, 0.3) is 0 Å². The number of carbonyl (C=O) groups excluding carboxylic acids is 2. The van der Waals surface area contributed by atoms with E-state index in [2.05, 4.69) is 9.98 Å². The van der Waals surface area contributed by atoms with E-state index in [0.717, 1.165) is 11.1 Å². The van der Waals surface area contributed by atoms with Crippen molar-refractivity contribution in [3.05, 3.63) is 35.4 Å². The van der Waals surface area contributed by atoms with Gasteiger partial charge in [0.15, 0.2) is 0 Å². The van der Waals surface area contributed by atoms with Crippen LogP contribution >= 0.6 is 0 Å². The van der Waals surface area contributed by atoms with Gasteiger partial charge in [0.1, 0.15) is 0 Å². The average Bonchev–Trinajstić information content (AvgIpc) is 2.28. The van der Waals surface area contributed by atoms with Crippen molar-refractivity contribution in [1.82, 2.24) is 0 Å². The predicted molar refractivity (Wildman–Crippen MR) is 73.5 cm³/mol. The van der Waals surface area contributed by atoms with Gasteiger partial charge in [-0.25, -0.2) is 9.59 Å². The summed E-state index contributed by atoms with van der Waals surface area (Å²) >= 11 is 0. The molecule has 0 saturated carbocycles. The minimum atomic E-state index is -0.573. The van der Waals surface area contributed by atoms with E-state index in [9.17, 15) is 9.59 Å². The van der Waals surface area contributed by atoms with Gasteiger partial charge in [-0.1, -0.05) is 24.3 Å². The molecule has 100 valence electrons. The average molecular weight is 258 g/mol. The van der Waals surface area contributed by atoms with Gasteiger partial charge in [-0.2, -0.15) is 9.98 Å². The minimum absolute atomic E-state index is 0.459. The number of hydrogen-bond donors (Lipinski definition) is 0. The van der Waals surface area contributed by atoms with E-state index in [1.807, 2.05) is 52.0 Å². The molecule has 1 aromatic rings. The summed E-state index contributed by atoms with van der Waals surface area (Å²) in [6, 6.07) is 7.77. The lowest BCUT2D eigenvalue weighted by atomic mass is 9.91. The van der Waals surface area contributed by atoms with Gasteiger partial charge in [-0.3, -0.25) is 0 Å². The van der Waals surface area contributed by atoms with Crippen molar-refractivity contribution in [1.29, 1.82) is 0 Å². The first-order valence-corrected chi connectivity index (χ1v) is 6.08. The van der Waals surface area contributed by atoms with Gasteiger partial charge >= 0.3 is 0 Å². The molecular weight excluding hydrogens is 240 g/mol. The largest absolute Gasteiger partial charge is 0.235 e. The van der Waals surface area contributed by atoms with Crippen LogP contribution in [-0.4, -0.2) is 17.7 Å². The summed E-state index contributed by atoms with van der Waals surface area (Å²) in [5.74, 6) is 0. The monoisotopic (exact) mass is 258 g/mol. The lowest BCUT2D eigenvalue weighted by Crippen LogP contribution is -2.20. The smallest absolute Gasteiger partial charge is 0.211 e. The second kappa shape index (κ2) is 5.75. The molecule has 1 aromatic carbocycles. The fourth-order valence-electron chi connectivity index (χ4n) is 1.87. The standard InChI is InChI=1S/C15H18N2O2/c1-14(2,16-10-18)9-12-5-7-13(8-6-12)15(3,4)17-11-19/h5-8H,9H2,1-4H3. The Bertz CT molecular complexity index is 532. The van der Waals surface area contributed by atoms with Crippen LogP contribution in [0.15, 0.2) is 34.3 Å². The van der Waals surface area contributed by atoms with E-state index < -0.39 is 11.1 Å². The highest BCUT2D eigenvalue weighted by Crippen LogP contribution is 2.25. The zero-order valence-corrected chi connectivity index (χ0v) is 11.7. The Kier molecular flexibility index (Phi) is 4.55. The fourth-order valence-corrected chi connectivity index (χ4v) is 1.87. The maximum atomic E-state index is 10.4. The molecule has 0 saturated heterocycles. The Morgan fingerprint density at radius 2 is 1.47 bits per heavy atom. The first-order valence-electron chi connectivity index (χ1n) is 6.08. The lowest BCUT2D eigenvalue weighted by molar-refractivity contribution is 0.500. The van der Waals surface area contributed by atoms with Crippen LogP contribution in [-0.2, 0) is 21.5 Å². The van der Waals surface area contributed by atoms with Gasteiger partial charge in [0.05, 0.1) is 11.1 Å². The van der Waals surface area contributed by atoms with Crippen LogP contribution in [0, 0.1) is 0 Å². The molecule has 0 spiro atoms. The number of rotatable bonds is 5. The topological polar surface area (TPSA) is 58.9 Å². The fraction of sp³-hybridized carbons (Fsp3) is 0.467. The Balaban J connectivity index is 2.94. The predicted octanol–water partition coefficient (Wildman–Crippen LogP) is 2.91. The van der Waals surface area contributed by atoms with Crippen molar-refractivity contribution in [3.8, 4) is 0 Å². The molecule has 0 amide bonds. The molecule has 0 aliphatic carbocycles. The molecule has 0 bridgehead atoms. The molecule has 0 atom stereocenters. The van der Waals surface area contributed by atoms with Crippen LogP contribution in [0.1, 0.15) is 38.8 Å². The first-order chi connectivity index (χ1) is 8.80. The van der Waals surface area contributed by atoms with E-state index in [0.29, 0.717) is 6.42 Å². The van der Waals surface area contributed by atoms with Gasteiger partial charge in [0.2, 0.25) is 12.2 Å². The number of benzene rings is 1. The summed E-state index contributed by atoms with van der Waals surface area (Å²) in [6.07, 6.45) is 3.84. The van der Waals surface area contributed by atoms with Crippen molar-refractivity contribution in [2.75, 3.05) is 0 Å². The molecule has 0 N–H and O–H groups in total. The van der Waals surface area contributed by atoms with E-state index in [1.165, 1.54) is 0 Å². The third-order valence-corrected chi connectivity index (χ3v) is 2.97. The molecule has 0 aromatic heterocycles. The van der Waals surface area contributed by atoms with Crippen LogP contribution in [0.3, 0.4) is 0 Å². The Morgan fingerprint density at radius 1 is 0.947 bits per heavy atom. The molecule has 0 aliphatic heterocycles. The van der Waals surface area contributed by atoms with Crippen molar-refractivity contribution in [2.45, 2.75) is 45.2 Å². The summed E-state index contributed by atoms with van der Waals surface area (Å²) < 4.78 is 0. The van der Waals surface area contributed by atoms with E-state index in [4.69, 9.17) is 0 Å². The van der Waals surface area contributed by atoms with Gasteiger partial charge in [0.25, 0.3) is 0 Å². The molecule has 19 heavy (non-hydrogen) atoms. The minimum Gasteiger partial charge on any atom is -0.211 e. The number of hydrogen-bond acceptors (Lipinski definition) is 4. The SMILES string of the molecule is CC(C)(Cc1ccc(C(C)(C)N=C=O)cc1)N=C=O. The first kappa shape index (κ1) is 15.0. The second-order valence-electron chi connectivity index (χ2n) is 5.65. The molecular formula is C15H18N2O2. The van der Waals surface area contributed by atoms with Crippen molar-refractivity contribution in [2.24, 2.45) is 9.98 Å². The maximum absolute atomic E-state index is 10.4. The summed E-state index contributed by atoms with van der Waals surface area (Å²) in [4.78, 5) is 28.3. The van der Waals surface area contributed by atoms with Gasteiger partial charge in [-0.05, 0) is 45.2 Å². The van der Waals surface area contributed by atoms with E-state index in [1.54, 1.807) is 12.2 Å². The Hall–Kier alpha value is -2.02. The van der Waals surface area contributed by atoms with Crippen LogP contribution in [0.4, 0.5) is 0 Å². The lowest BCUT2D eigenvalue weighted by Gasteiger charge is -2.20. The zero-order valence-electron chi connectivity index (χ0n) is 11.7. The van der Waals surface area contributed by atoms with Gasteiger partial charge in [0, 0.05) is 0 Å². The third kappa shape index (κ3) is 4.29. The molecule has 0 radical (unpaired) electrons. The van der Waals surface area contributed by atoms with Gasteiger partial charge in [-0.15, -0.1) is 0 Å². The third-order valence-electron chi connectivity index (χ3n) is 2.97. The highest BCUT2D eigenvalue weighted by Gasteiger charge is 2.20. The van der Waals surface area contributed by atoms with Crippen molar-refractivity contribution < 1.29 is 9.59 Å². The normalized spacial score (nSPS) is 11.4. The quantitative estimate of drug-likeness (QED) is 0.602. The number of nitrogens with zero attached hydrogens (tertiary/aromatic N) is 2. The second-order valence-corrected chi connectivity index (χ2v) is 5.65. The summed E-state index contributed by atoms with van der Waals surface area (Å²) in [6.45, 7) is 7.47. The molecule has 0 aliphatic rings. The van der Waals surface area contributed by atoms with Crippen molar-refractivity contribution >= 4 is 12.2 Å². The molecule has 1 rings (SSSR count). The van der Waals surface area contributed by atoms with Crippen LogP contribution < -0.4 is 0 Å². The summed E-state index contributed by atoms with van der Waals surface area (Å²) in [7, 11) is 0.